The summed E-state index contributed by atoms with van der Waals surface area (Å²) in [5, 5.41) is 11.2. The van der Waals surface area contributed by atoms with Crippen molar-refractivity contribution < 1.29 is 22.7 Å². The van der Waals surface area contributed by atoms with Crippen LogP contribution in [0.2, 0.25) is 0 Å². The molecular weight excluding hydrogens is 452 g/mol. The van der Waals surface area contributed by atoms with Crippen LogP contribution in [-0.4, -0.2) is 42.8 Å². The van der Waals surface area contributed by atoms with Gasteiger partial charge in [0.1, 0.15) is 0 Å². The summed E-state index contributed by atoms with van der Waals surface area (Å²) in [5.74, 6) is -0.632. The zero-order valence-electron chi connectivity index (χ0n) is 16.5. The number of carbonyl (C=O) groups excluding carboxylic acids is 1. The fourth-order valence-corrected chi connectivity index (χ4v) is 4.28. The van der Waals surface area contributed by atoms with Crippen molar-refractivity contribution in [3.05, 3.63) is 34.4 Å². The summed E-state index contributed by atoms with van der Waals surface area (Å²) in [6, 6.07) is 4.73. The molecule has 0 saturated carbocycles. The third-order valence-electron chi connectivity index (χ3n) is 3.85. The van der Waals surface area contributed by atoms with Crippen molar-refractivity contribution in [1.82, 2.24) is 10.2 Å². The molecule has 160 valence electrons. The number of hydrogen-bond acceptors (Lipinski definition) is 6. The second-order valence-corrected chi connectivity index (χ2v) is 9.79. The SMILES string of the molecule is CC(C)(C)OC(=O)C(CCCN)Cc1nnc(Nc2ccc(C(F)(F)F)cc2)[se]1. The molecule has 6 nitrogen and oxygen atoms in total. The third kappa shape index (κ3) is 7.79. The number of halogens is 3. The van der Waals surface area contributed by atoms with Gasteiger partial charge in [-0.15, -0.1) is 0 Å². The topological polar surface area (TPSA) is 90.1 Å². The van der Waals surface area contributed by atoms with Gasteiger partial charge < -0.3 is 0 Å². The summed E-state index contributed by atoms with van der Waals surface area (Å²) >= 11 is -0.244. The van der Waals surface area contributed by atoms with Gasteiger partial charge in [-0.25, -0.2) is 0 Å². The summed E-state index contributed by atoms with van der Waals surface area (Å²) in [6.07, 6.45) is -2.65. The van der Waals surface area contributed by atoms with Crippen molar-refractivity contribution in [2.75, 3.05) is 11.9 Å². The number of aromatic nitrogens is 2. The van der Waals surface area contributed by atoms with E-state index in [-0.39, 0.29) is 26.4 Å². The maximum absolute atomic E-state index is 12.6. The normalized spacial score (nSPS) is 13.2. The predicted octanol–water partition coefficient (Wildman–Crippen LogP) is 3.54. The molecule has 1 unspecified atom stereocenters. The molecule has 0 radical (unpaired) electrons. The first kappa shape index (κ1) is 23.4. The van der Waals surface area contributed by atoms with Crippen molar-refractivity contribution in [3.63, 3.8) is 0 Å². The van der Waals surface area contributed by atoms with Crippen molar-refractivity contribution in [2.24, 2.45) is 11.7 Å². The molecule has 0 bridgehead atoms. The van der Waals surface area contributed by atoms with Crippen LogP contribution in [0.1, 0.15) is 43.7 Å². The zero-order valence-corrected chi connectivity index (χ0v) is 18.3. The Labute approximate surface area is 173 Å². The van der Waals surface area contributed by atoms with Gasteiger partial charge in [-0.05, 0) is 0 Å². The zero-order chi connectivity index (χ0) is 21.7. The molecule has 2 rings (SSSR count). The predicted molar refractivity (Wildman–Crippen MR) is 105 cm³/mol. The molecule has 29 heavy (non-hydrogen) atoms. The number of ether oxygens (including phenoxy) is 1. The Morgan fingerprint density at radius 1 is 1.21 bits per heavy atom. The molecule has 2 aromatic rings. The Hall–Kier alpha value is -1.90. The molecule has 0 spiro atoms. The van der Waals surface area contributed by atoms with E-state index in [1.165, 1.54) is 12.1 Å². The summed E-state index contributed by atoms with van der Waals surface area (Å²) in [5.41, 5.74) is 4.79. The summed E-state index contributed by atoms with van der Waals surface area (Å²) in [6.45, 7) is 5.93. The molecule has 3 N–H and O–H groups in total. The summed E-state index contributed by atoms with van der Waals surface area (Å²) < 4.78 is 44.8. The molecule has 1 aromatic carbocycles. The van der Waals surface area contributed by atoms with Crippen molar-refractivity contribution >= 4 is 30.9 Å². The van der Waals surface area contributed by atoms with E-state index in [1.54, 1.807) is 0 Å². The average molecular weight is 477 g/mol. The van der Waals surface area contributed by atoms with Crippen LogP contribution in [0.15, 0.2) is 24.3 Å². The van der Waals surface area contributed by atoms with Gasteiger partial charge in [0, 0.05) is 0 Å². The van der Waals surface area contributed by atoms with E-state index >= 15 is 0 Å². The first-order valence-corrected chi connectivity index (χ1v) is 10.9. The van der Waals surface area contributed by atoms with Gasteiger partial charge in [-0.2, -0.15) is 0 Å². The molecule has 10 heteroatoms. The van der Waals surface area contributed by atoms with Crippen LogP contribution in [0.25, 0.3) is 0 Å². The summed E-state index contributed by atoms with van der Waals surface area (Å²) in [4.78, 5) is 12.5. The van der Waals surface area contributed by atoms with Crippen LogP contribution < -0.4 is 11.1 Å². The van der Waals surface area contributed by atoms with Crippen LogP contribution in [0.4, 0.5) is 23.6 Å². The van der Waals surface area contributed by atoms with E-state index in [9.17, 15) is 18.0 Å². The Morgan fingerprint density at radius 3 is 2.41 bits per heavy atom. The van der Waals surface area contributed by atoms with Gasteiger partial charge in [-0.1, -0.05) is 0 Å². The van der Waals surface area contributed by atoms with Gasteiger partial charge >= 0.3 is 173 Å². The number of benzene rings is 1. The Morgan fingerprint density at radius 2 is 1.86 bits per heavy atom. The number of anilines is 2. The monoisotopic (exact) mass is 478 g/mol. The fourth-order valence-electron chi connectivity index (χ4n) is 2.52. The molecule has 0 aliphatic rings. The van der Waals surface area contributed by atoms with E-state index < -0.39 is 17.3 Å². The minimum atomic E-state index is -4.37. The van der Waals surface area contributed by atoms with Crippen LogP contribution >= 0.6 is 0 Å². The van der Waals surface area contributed by atoms with Gasteiger partial charge in [0.15, 0.2) is 0 Å². The van der Waals surface area contributed by atoms with Crippen LogP contribution in [0.3, 0.4) is 0 Å². The molecule has 1 heterocycles. The molecule has 0 fully saturated rings. The Bertz CT molecular complexity index is 801. The van der Waals surface area contributed by atoms with E-state index in [2.05, 4.69) is 15.5 Å². The Balaban J connectivity index is 2.03. The molecule has 0 amide bonds. The number of carbonyl (C=O) groups is 1. The second-order valence-electron chi connectivity index (χ2n) is 7.57. The van der Waals surface area contributed by atoms with Gasteiger partial charge in [0.25, 0.3) is 0 Å². The molecule has 0 aliphatic heterocycles. The number of nitrogens with zero attached hydrogens (tertiary/aromatic N) is 2. The Kier molecular flexibility index (Phi) is 7.85. The number of rotatable bonds is 8. The standard InChI is InChI=1S/C19H25F3N4O2Se/c1-18(2,3)28-16(27)12(5-4-10-23)11-15-25-26-17(29-15)24-14-8-6-13(7-9-14)19(20,21)22/h6-9,12H,4-5,10-11,23H2,1-3H3,(H,24,26). The number of nitrogens with two attached hydrogens (primary N) is 1. The second kappa shape index (κ2) is 9.73. The number of nitrogens with one attached hydrogen (secondary N) is 1. The van der Waals surface area contributed by atoms with Crippen molar-refractivity contribution in [3.8, 4) is 0 Å². The van der Waals surface area contributed by atoms with Gasteiger partial charge in [0.05, 0.1) is 0 Å². The maximum atomic E-state index is 12.6. The van der Waals surface area contributed by atoms with E-state index in [0.717, 1.165) is 16.7 Å². The molecule has 1 aromatic heterocycles. The summed E-state index contributed by atoms with van der Waals surface area (Å²) in [7, 11) is 0. The van der Waals surface area contributed by atoms with E-state index in [1.807, 2.05) is 20.8 Å². The fraction of sp³-hybridized carbons (Fsp3) is 0.526. The molecule has 0 aliphatic carbocycles. The molecular formula is C19H25F3N4O2Se. The first-order chi connectivity index (χ1) is 13.5. The van der Waals surface area contributed by atoms with E-state index in [4.69, 9.17) is 10.5 Å². The van der Waals surface area contributed by atoms with Gasteiger partial charge in [0.2, 0.25) is 0 Å². The van der Waals surface area contributed by atoms with Crippen molar-refractivity contribution in [1.29, 1.82) is 0 Å². The van der Waals surface area contributed by atoms with Crippen molar-refractivity contribution in [2.45, 2.75) is 51.8 Å². The minimum absolute atomic E-state index is 0.244. The number of esters is 1. The molecule has 0 saturated heterocycles. The van der Waals surface area contributed by atoms with Crippen LogP contribution in [0, 0.1) is 5.92 Å². The van der Waals surface area contributed by atoms with E-state index in [0.29, 0.717) is 36.2 Å². The number of alkyl halides is 3. The first-order valence-electron chi connectivity index (χ1n) is 9.17. The molecule has 1 atom stereocenters. The quantitative estimate of drug-likeness (QED) is 0.447. The number of hydrogen-bond donors (Lipinski definition) is 2. The van der Waals surface area contributed by atoms with Crippen LogP contribution in [-0.2, 0) is 22.1 Å². The van der Waals surface area contributed by atoms with Crippen LogP contribution in [0.5, 0.6) is 0 Å². The average Bonchev–Trinajstić information content (AvgIpc) is 3.03. The third-order valence-corrected chi connectivity index (χ3v) is 5.65. The van der Waals surface area contributed by atoms with Gasteiger partial charge in [-0.3, -0.25) is 0 Å².